The molecule has 0 radical (unpaired) electrons. The number of hydrogen-bond acceptors (Lipinski definition) is 5. The lowest BCUT2D eigenvalue weighted by atomic mass is 9.99. The predicted molar refractivity (Wildman–Crippen MR) is 138 cm³/mol. The van der Waals surface area contributed by atoms with Gasteiger partial charge in [0.25, 0.3) is 11.8 Å². The maximum Gasteiger partial charge on any atom is 0.253 e. The number of nitrogens with zero attached hydrogens (tertiary/aromatic N) is 3. The summed E-state index contributed by atoms with van der Waals surface area (Å²) in [6.45, 7) is 7.63. The molecule has 0 saturated carbocycles. The number of hydrogen-bond donors (Lipinski definition) is 1. The number of benzene rings is 2. The van der Waals surface area contributed by atoms with E-state index in [9.17, 15) is 9.59 Å². The summed E-state index contributed by atoms with van der Waals surface area (Å²) < 4.78 is 20.7. The molecule has 0 unspecified atom stereocenters. The molecule has 1 aliphatic heterocycles. The number of rotatable bonds is 9. The molecule has 190 valence electrons. The maximum absolute atomic E-state index is 15.5. The number of furan rings is 1. The van der Waals surface area contributed by atoms with Crippen LogP contribution < -0.4 is 10.6 Å². The highest BCUT2D eigenvalue weighted by atomic mass is 19.1. The fourth-order valence-corrected chi connectivity index (χ4v) is 4.88. The quantitative estimate of drug-likeness (QED) is 0.464. The van der Waals surface area contributed by atoms with Gasteiger partial charge in [0.2, 0.25) is 0 Å². The van der Waals surface area contributed by atoms with Crippen LogP contribution in [-0.4, -0.2) is 53.8 Å². The van der Waals surface area contributed by atoms with Crippen molar-refractivity contribution in [1.29, 1.82) is 0 Å². The molecular formula is C28H33FN4O3. The number of carbonyl (C=O) groups excluding carboxylic acids is 2. The largest absolute Gasteiger partial charge is 0.472 e. The molecule has 2 N–H and O–H groups in total. The van der Waals surface area contributed by atoms with Crippen LogP contribution >= 0.6 is 0 Å². The van der Waals surface area contributed by atoms with Crippen LogP contribution in [0, 0.1) is 5.82 Å². The van der Waals surface area contributed by atoms with Gasteiger partial charge in [0.1, 0.15) is 0 Å². The molecule has 36 heavy (non-hydrogen) atoms. The average Bonchev–Trinajstić information content (AvgIpc) is 3.40. The van der Waals surface area contributed by atoms with E-state index in [-0.39, 0.29) is 17.5 Å². The molecule has 0 atom stereocenters. The number of halogens is 1. The maximum atomic E-state index is 15.5. The Labute approximate surface area is 211 Å². The Balaban J connectivity index is 1.63. The first-order valence-corrected chi connectivity index (χ1v) is 12.4. The summed E-state index contributed by atoms with van der Waals surface area (Å²) in [5.74, 6) is -1.47. The van der Waals surface area contributed by atoms with Crippen molar-refractivity contribution in [2.75, 3.05) is 31.1 Å². The smallest absolute Gasteiger partial charge is 0.253 e. The van der Waals surface area contributed by atoms with Crippen molar-refractivity contribution >= 4 is 23.2 Å². The lowest BCUT2D eigenvalue weighted by Crippen LogP contribution is -2.43. The minimum absolute atomic E-state index is 0.00700. The van der Waals surface area contributed by atoms with Gasteiger partial charge in [0, 0.05) is 55.6 Å². The molecule has 1 saturated heterocycles. The third kappa shape index (κ3) is 5.44. The van der Waals surface area contributed by atoms with Gasteiger partial charge in [-0.1, -0.05) is 6.07 Å². The Bertz CT molecular complexity index is 1170. The number of nitrogens with two attached hydrogens (primary N) is 1. The molecule has 3 aromatic rings. The van der Waals surface area contributed by atoms with Crippen molar-refractivity contribution in [2.45, 2.75) is 39.3 Å². The van der Waals surface area contributed by atoms with Crippen LogP contribution in [0.4, 0.5) is 15.8 Å². The standard InChI is InChI=1S/C28H33FN4O3/c1-3-32(4-2)28(35)21-8-10-22(11-9-21)33(25-7-5-6-24(26(25)29)27(30)34)23-12-15-31(16-13-23)18-20-14-17-36-19-20/h5-11,14,17,19,23H,3-4,12-13,15-16,18H2,1-2H3,(H2,30,34). The van der Waals surface area contributed by atoms with Crippen LogP contribution in [-0.2, 0) is 6.54 Å². The fourth-order valence-electron chi connectivity index (χ4n) is 4.88. The molecule has 7 nitrogen and oxygen atoms in total. The second-order valence-corrected chi connectivity index (χ2v) is 9.04. The van der Waals surface area contributed by atoms with E-state index >= 15 is 4.39 Å². The zero-order valence-electron chi connectivity index (χ0n) is 20.8. The Morgan fingerprint density at radius 3 is 2.33 bits per heavy atom. The number of likely N-dealkylation sites (tertiary alicyclic amines) is 1. The molecule has 4 rings (SSSR count). The number of amides is 2. The summed E-state index contributed by atoms with van der Waals surface area (Å²) >= 11 is 0. The second-order valence-electron chi connectivity index (χ2n) is 9.04. The predicted octanol–water partition coefficient (Wildman–Crippen LogP) is 4.80. The summed E-state index contributed by atoms with van der Waals surface area (Å²) in [7, 11) is 0. The highest BCUT2D eigenvalue weighted by Gasteiger charge is 2.29. The molecule has 0 aliphatic carbocycles. The molecular weight excluding hydrogens is 459 g/mol. The van der Waals surface area contributed by atoms with Gasteiger partial charge in [-0.15, -0.1) is 0 Å². The monoisotopic (exact) mass is 492 g/mol. The number of anilines is 2. The van der Waals surface area contributed by atoms with Crippen molar-refractivity contribution in [3.8, 4) is 0 Å². The van der Waals surface area contributed by atoms with Crippen LogP contribution in [0.1, 0.15) is 53.0 Å². The third-order valence-corrected chi connectivity index (χ3v) is 6.85. The van der Waals surface area contributed by atoms with E-state index in [0.29, 0.717) is 24.3 Å². The van der Waals surface area contributed by atoms with Crippen molar-refractivity contribution in [3.05, 3.63) is 83.6 Å². The summed E-state index contributed by atoms with van der Waals surface area (Å²) in [5, 5.41) is 0. The molecule has 1 aliphatic rings. The zero-order chi connectivity index (χ0) is 25.7. The van der Waals surface area contributed by atoms with Gasteiger partial charge in [-0.2, -0.15) is 0 Å². The van der Waals surface area contributed by atoms with E-state index in [1.54, 1.807) is 41.7 Å². The first-order chi connectivity index (χ1) is 17.4. The van der Waals surface area contributed by atoms with Gasteiger partial charge in [-0.05, 0) is 69.2 Å². The number of carbonyl (C=O) groups is 2. The van der Waals surface area contributed by atoms with Gasteiger partial charge in [-0.3, -0.25) is 14.5 Å². The first-order valence-electron chi connectivity index (χ1n) is 12.4. The first kappa shape index (κ1) is 25.4. The Kier molecular flexibility index (Phi) is 8.05. The highest BCUT2D eigenvalue weighted by molar-refractivity contribution is 5.95. The van der Waals surface area contributed by atoms with Crippen molar-refractivity contribution in [1.82, 2.24) is 9.80 Å². The topological polar surface area (TPSA) is 83.0 Å². The van der Waals surface area contributed by atoms with Crippen LogP contribution in [0.3, 0.4) is 0 Å². The molecule has 1 fully saturated rings. The van der Waals surface area contributed by atoms with Crippen molar-refractivity contribution in [2.24, 2.45) is 5.73 Å². The molecule has 8 heteroatoms. The molecule has 2 aromatic carbocycles. The zero-order valence-corrected chi connectivity index (χ0v) is 20.8. The van der Waals surface area contributed by atoms with Gasteiger partial charge in [-0.25, -0.2) is 4.39 Å². The molecule has 2 amide bonds. The van der Waals surface area contributed by atoms with Crippen LogP contribution in [0.2, 0.25) is 0 Å². The SMILES string of the molecule is CCN(CC)C(=O)c1ccc(N(c2cccc(C(N)=O)c2F)C2CCN(Cc3ccoc3)CC2)cc1. The number of primary amides is 1. The summed E-state index contributed by atoms with van der Waals surface area (Å²) in [5.41, 5.74) is 8.08. The normalized spacial score (nSPS) is 14.5. The summed E-state index contributed by atoms with van der Waals surface area (Å²) in [6.07, 6.45) is 5.04. The Morgan fingerprint density at radius 2 is 1.75 bits per heavy atom. The van der Waals surface area contributed by atoms with E-state index in [0.717, 1.165) is 43.7 Å². The highest BCUT2D eigenvalue weighted by Crippen LogP contribution is 2.35. The number of piperidine rings is 1. The van der Waals surface area contributed by atoms with E-state index in [2.05, 4.69) is 4.90 Å². The molecule has 1 aromatic heterocycles. The van der Waals surface area contributed by atoms with E-state index in [1.807, 2.05) is 36.9 Å². The van der Waals surface area contributed by atoms with Crippen LogP contribution in [0.5, 0.6) is 0 Å². The fraction of sp³-hybridized carbons (Fsp3) is 0.357. The second kappa shape index (κ2) is 11.4. The molecule has 2 heterocycles. The summed E-state index contributed by atoms with van der Waals surface area (Å²) in [4.78, 5) is 30.7. The van der Waals surface area contributed by atoms with Crippen molar-refractivity contribution < 1.29 is 18.4 Å². The molecule has 0 bridgehead atoms. The lowest BCUT2D eigenvalue weighted by molar-refractivity contribution is 0.0772. The van der Waals surface area contributed by atoms with E-state index in [1.165, 1.54) is 6.07 Å². The van der Waals surface area contributed by atoms with E-state index < -0.39 is 11.7 Å². The minimum Gasteiger partial charge on any atom is -0.472 e. The lowest BCUT2D eigenvalue weighted by Gasteiger charge is -2.40. The van der Waals surface area contributed by atoms with Crippen LogP contribution in [0.15, 0.2) is 65.5 Å². The van der Waals surface area contributed by atoms with Gasteiger partial charge in [0.05, 0.1) is 23.8 Å². The van der Waals surface area contributed by atoms with Gasteiger partial charge in [0.15, 0.2) is 5.82 Å². The molecule has 0 spiro atoms. The van der Waals surface area contributed by atoms with Crippen LogP contribution in [0.25, 0.3) is 0 Å². The van der Waals surface area contributed by atoms with Gasteiger partial charge >= 0.3 is 0 Å². The Morgan fingerprint density at radius 1 is 1.06 bits per heavy atom. The third-order valence-electron chi connectivity index (χ3n) is 6.85. The van der Waals surface area contributed by atoms with Crippen molar-refractivity contribution in [3.63, 3.8) is 0 Å². The van der Waals surface area contributed by atoms with E-state index in [4.69, 9.17) is 10.2 Å². The summed E-state index contributed by atoms with van der Waals surface area (Å²) in [6, 6.07) is 14.0. The average molecular weight is 493 g/mol. The Hall–Kier alpha value is -3.65. The minimum atomic E-state index is -0.801. The van der Waals surface area contributed by atoms with Gasteiger partial charge < -0.3 is 20.0 Å².